The summed E-state index contributed by atoms with van der Waals surface area (Å²) in [6, 6.07) is 5.97. The van der Waals surface area contributed by atoms with Crippen molar-refractivity contribution < 1.29 is 4.74 Å². The van der Waals surface area contributed by atoms with Crippen molar-refractivity contribution in [3.8, 4) is 0 Å². The first-order chi connectivity index (χ1) is 12.6. The molecule has 0 bridgehead atoms. The summed E-state index contributed by atoms with van der Waals surface area (Å²) >= 11 is 0. The van der Waals surface area contributed by atoms with E-state index in [-0.39, 0.29) is 0 Å². The highest BCUT2D eigenvalue weighted by Gasteiger charge is 2.51. The van der Waals surface area contributed by atoms with Gasteiger partial charge in [0.2, 0.25) is 0 Å². The van der Waals surface area contributed by atoms with E-state index in [1.165, 1.54) is 17.7 Å². The van der Waals surface area contributed by atoms with Crippen LogP contribution >= 0.6 is 0 Å². The Kier molecular flexibility index (Phi) is 4.82. The Labute approximate surface area is 155 Å². The topological polar surface area (TPSA) is 46.4 Å². The maximum atomic E-state index is 5.94. The molecule has 0 radical (unpaired) electrons. The van der Waals surface area contributed by atoms with Crippen LogP contribution in [-0.2, 0) is 24.9 Å². The Morgan fingerprint density at radius 3 is 2.81 bits per heavy atom. The molecule has 140 valence electrons. The molecule has 0 amide bonds. The molecule has 0 aromatic carbocycles. The summed E-state index contributed by atoms with van der Waals surface area (Å²) in [6.07, 6.45) is 5.06. The van der Waals surface area contributed by atoms with Crippen LogP contribution in [0, 0.1) is 12.8 Å². The average Bonchev–Trinajstić information content (AvgIpc) is 3.10. The van der Waals surface area contributed by atoms with Crippen LogP contribution in [0.2, 0.25) is 0 Å². The van der Waals surface area contributed by atoms with Crippen LogP contribution in [0.1, 0.15) is 23.4 Å². The Morgan fingerprint density at radius 2 is 2.12 bits per heavy atom. The maximum absolute atomic E-state index is 5.94. The van der Waals surface area contributed by atoms with Crippen molar-refractivity contribution in [2.75, 3.05) is 33.3 Å². The highest BCUT2D eigenvalue weighted by atomic mass is 16.5. The van der Waals surface area contributed by atoms with Crippen LogP contribution in [0.15, 0.2) is 30.6 Å². The molecule has 6 heteroatoms. The molecule has 4 rings (SSSR count). The van der Waals surface area contributed by atoms with E-state index < -0.39 is 0 Å². The smallest absolute Gasteiger partial charge is 0.0887 e. The highest BCUT2D eigenvalue weighted by molar-refractivity contribution is 5.18. The molecule has 4 heterocycles. The average molecular weight is 355 g/mol. The molecule has 0 N–H and O–H groups in total. The fourth-order valence-electron chi connectivity index (χ4n) is 4.47. The molecule has 2 saturated heterocycles. The maximum Gasteiger partial charge on any atom is 0.0887 e. The van der Waals surface area contributed by atoms with E-state index in [1.807, 2.05) is 42.3 Å². The minimum absolute atomic E-state index is 0.342. The van der Waals surface area contributed by atoms with E-state index in [9.17, 15) is 0 Å². The van der Waals surface area contributed by atoms with Crippen molar-refractivity contribution in [2.45, 2.75) is 32.0 Å². The Bertz CT molecular complexity index is 738. The molecule has 0 aliphatic carbocycles. The lowest BCUT2D eigenvalue weighted by Crippen LogP contribution is -2.66. The Morgan fingerprint density at radius 1 is 1.27 bits per heavy atom. The van der Waals surface area contributed by atoms with E-state index >= 15 is 0 Å². The molecule has 0 saturated carbocycles. The molecule has 1 unspecified atom stereocenters. The van der Waals surface area contributed by atoms with Gasteiger partial charge in [-0.1, -0.05) is 6.07 Å². The van der Waals surface area contributed by atoms with Gasteiger partial charge in [-0.25, -0.2) is 0 Å². The molecule has 2 aromatic heterocycles. The van der Waals surface area contributed by atoms with Crippen molar-refractivity contribution in [2.24, 2.45) is 13.0 Å². The highest BCUT2D eigenvalue weighted by Crippen LogP contribution is 2.40. The second-order valence-electron chi connectivity index (χ2n) is 8.04. The number of nitrogens with zero attached hydrogens (tertiary/aromatic N) is 5. The van der Waals surface area contributed by atoms with Gasteiger partial charge in [0.1, 0.15) is 0 Å². The molecule has 26 heavy (non-hydrogen) atoms. The van der Waals surface area contributed by atoms with E-state index in [0.29, 0.717) is 18.1 Å². The van der Waals surface area contributed by atoms with Crippen LogP contribution in [0.25, 0.3) is 0 Å². The predicted molar refractivity (Wildman–Crippen MR) is 101 cm³/mol. The lowest BCUT2D eigenvalue weighted by Gasteiger charge is -2.52. The summed E-state index contributed by atoms with van der Waals surface area (Å²) in [4.78, 5) is 9.41. The number of hydrogen-bond donors (Lipinski definition) is 0. The third-order valence-electron chi connectivity index (χ3n) is 6.11. The van der Waals surface area contributed by atoms with Crippen molar-refractivity contribution in [3.63, 3.8) is 0 Å². The van der Waals surface area contributed by atoms with Gasteiger partial charge in [0.05, 0.1) is 25.1 Å². The Hall–Kier alpha value is -1.76. The molecular formula is C20H29N5O. The molecule has 6 nitrogen and oxygen atoms in total. The molecule has 1 atom stereocenters. The SMILES string of the molecule is Cc1c(CN2CC3(CC(COCc4ccccn4)CN3C)C2)cnn1C. The van der Waals surface area contributed by atoms with Gasteiger partial charge >= 0.3 is 0 Å². The molecular weight excluding hydrogens is 326 g/mol. The van der Waals surface area contributed by atoms with E-state index in [1.54, 1.807) is 0 Å². The first-order valence-electron chi connectivity index (χ1n) is 9.44. The second-order valence-corrected chi connectivity index (χ2v) is 8.04. The fraction of sp³-hybridized carbons (Fsp3) is 0.600. The van der Waals surface area contributed by atoms with Gasteiger partial charge in [0.15, 0.2) is 0 Å². The number of pyridine rings is 1. The van der Waals surface area contributed by atoms with Crippen molar-refractivity contribution in [1.29, 1.82) is 0 Å². The summed E-state index contributed by atoms with van der Waals surface area (Å²) in [5.41, 5.74) is 3.97. The molecule has 2 aliphatic heterocycles. The summed E-state index contributed by atoms with van der Waals surface area (Å²) < 4.78 is 7.90. The van der Waals surface area contributed by atoms with Gasteiger partial charge in [-0.05, 0) is 38.4 Å². The number of ether oxygens (including phenoxy) is 1. The van der Waals surface area contributed by atoms with Crippen molar-refractivity contribution in [3.05, 3.63) is 47.5 Å². The number of hydrogen-bond acceptors (Lipinski definition) is 5. The third kappa shape index (κ3) is 3.41. The normalized spacial score (nSPS) is 22.8. The van der Waals surface area contributed by atoms with Gasteiger partial charge < -0.3 is 4.74 Å². The van der Waals surface area contributed by atoms with Crippen molar-refractivity contribution in [1.82, 2.24) is 24.6 Å². The molecule has 2 aliphatic rings. The molecule has 2 aromatic rings. The minimum atomic E-state index is 0.342. The monoisotopic (exact) mass is 355 g/mol. The van der Waals surface area contributed by atoms with Crippen LogP contribution in [0.5, 0.6) is 0 Å². The van der Waals surface area contributed by atoms with Crippen LogP contribution < -0.4 is 0 Å². The molecule has 1 spiro atoms. The number of likely N-dealkylation sites (N-methyl/N-ethyl adjacent to an activating group) is 1. The lowest BCUT2D eigenvalue weighted by atomic mass is 9.84. The quantitative estimate of drug-likeness (QED) is 0.791. The third-order valence-corrected chi connectivity index (χ3v) is 6.11. The Balaban J connectivity index is 1.25. The van der Waals surface area contributed by atoms with Gasteiger partial charge in [-0.3, -0.25) is 19.5 Å². The summed E-state index contributed by atoms with van der Waals surface area (Å²) in [7, 11) is 4.28. The first kappa shape index (κ1) is 17.6. The molecule has 2 fully saturated rings. The number of aryl methyl sites for hydroxylation is 1. The van der Waals surface area contributed by atoms with Gasteiger partial charge in [-0.15, -0.1) is 0 Å². The van der Waals surface area contributed by atoms with Gasteiger partial charge in [0, 0.05) is 56.2 Å². The first-order valence-corrected chi connectivity index (χ1v) is 9.44. The zero-order valence-electron chi connectivity index (χ0n) is 16.1. The zero-order chi connectivity index (χ0) is 18.1. The number of rotatable bonds is 6. The van der Waals surface area contributed by atoms with E-state index in [0.717, 1.165) is 38.5 Å². The summed E-state index contributed by atoms with van der Waals surface area (Å²) in [6.45, 7) is 8.01. The number of likely N-dealkylation sites (tertiary alicyclic amines) is 2. The van der Waals surface area contributed by atoms with Crippen LogP contribution in [0.3, 0.4) is 0 Å². The summed E-state index contributed by atoms with van der Waals surface area (Å²) in [5.74, 6) is 0.617. The second kappa shape index (κ2) is 7.10. The fourth-order valence-corrected chi connectivity index (χ4v) is 4.47. The van der Waals surface area contributed by atoms with Gasteiger partial charge in [-0.2, -0.15) is 5.10 Å². The standard InChI is InChI=1S/C20H29N5O/c1-16-18(9-22-24(16)3)11-25-14-20(15-25)8-17(10-23(20)2)12-26-13-19-6-4-5-7-21-19/h4-7,9,17H,8,10-15H2,1-3H3. The van der Waals surface area contributed by atoms with E-state index in [4.69, 9.17) is 4.74 Å². The lowest BCUT2D eigenvalue weighted by molar-refractivity contribution is -0.0227. The largest absolute Gasteiger partial charge is 0.375 e. The number of aromatic nitrogens is 3. The van der Waals surface area contributed by atoms with Gasteiger partial charge in [0.25, 0.3) is 0 Å². The minimum Gasteiger partial charge on any atom is -0.375 e. The van der Waals surface area contributed by atoms with Crippen molar-refractivity contribution >= 4 is 0 Å². The predicted octanol–water partition coefficient (Wildman–Crippen LogP) is 1.85. The summed E-state index contributed by atoms with van der Waals surface area (Å²) in [5, 5.41) is 4.36. The van der Waals surface area contributed by atoms with E-state index in [2.05, 4.69) is 33.9 Å². The van der Waals surface area contributed by atoms with Crippen LogP contribution in [-0.4, -0.2) is 63.4 Å². The zero-order valence-corrected chi connectivity index (χ0v) is 16.1. The van der Waals surface area contributed by atoms with Crippen LogP contribution in [0.4, 0.5) is 0 Å².